The maximum Gasteiger partial charge on any atom is 0.227 e. The second-order valence-electron chi connectivity index (χ2n) is 5.82. The highest BCUT2D eigenvalue weighted by Gasteiger charge is 2.21. The molecule has 2 aliphatic rings. The van der Waals surface area contributed by atoms with Crippen LogP contribution in [0.25, 0.3) is 0 Å². The lowest BCUT2D eigenvalue weighted by Gasteiger charge is -2.32. The number of likely N-dealkylation sites (N-methyl/N-ethyl adjacent to an activating group) is 1. The second-order valence-corrected chi connectivity index (χ2v) is 6.22. The Kier molecular flexibility index (Phi) is 4.74. The summed E-state index contributed by atoms with van der Waals surface area (Å²) in [5.41, 5.74) is 0.873. The number of amides is 1. The van der Waals surface area contributed by atoms with Crippen LogP contribution in [-0.4, -0.2) is 62.1 Å². The number of rotatable bonds is 2. The van der Waals surface area contributed by atoms with Crippen LogP contribution >= 0.6 is 11.6 Å². The Bertz CT molecular complexity index is 557. The zero-order valence-electron chi connectivity index (χ0n) is 12.8. The van der Waals surface area contributed by atoms with Crippen LogP contribution in [0.4, 0.5) is 0 Å². The van der Waals surface area contributed by atoms with Crippen molar-refractivity contribution in [1.82, 2.24) is 9.80 Å². The summed E-state index contributed by atoms with van der Waals surface area (Å²) in [6, 6.07) is 3.68. The molecule has 1 aromatic carbocycles. The third-order valence-electron chi connectivity index (χ3n) is 4.07. The number of benzene rings is 1. The Morgan fingerprint density at radius 3 is 2.68 bits per heavy atom. The third kappa shape index (κ3) is 3.47. The molecule has 3 rings (SSSR count). The SMILES string of the molecule is CN1CCN(C(=O)Cc2cc(Cl)c3c(c2)OCCCO3)CC1. The normalized spacial score (nSPS) is 18.9. The van der Waals surface area contributed by atoms with Gasteiger partial charge in [-0.05, 0) is 24.7 Å². The van der Waals surface area contributed by atoms with Crippen LogP contribution in [-0.2, 0) is 11.2 Å². The lowest BCUT2D eigenvalue weighted by Crippen LogP contribution is -2.47. The molecule has 2 aliphatic heterocycles. The van der Waals surface area contributed by atoms with Gasteiger partial charge in [0.15, 0.2) is 11.5 Å². The van der Waals surface area contributed by atoms with Crippen LogP contribution in [0.15, 0.2) is 12.1 Å². The van der Waals surface area contributed by atoms with Gasteiger partial charge in [-0.25, -0.2) is 0 Å². The van der Waals surface area contributed by atoms with Crippen LogP contribution in [0.2, 0.25) is 5.02 Å². The quantitative estimate of drug-likeness (QED) is 0.832. The first-order chi connectivity index (χ1) is 10.6. The molecule has 0 unspecified atom stereocenters. The van der Waals surface area contributed by atoms with Crippen molar-refractivity contribution >= 4 is 17.5 Å². The molecule has 1 fully saturated rings. The molecular formula is C16H21ClN2O3. The lowest BCUT2D eigenvalue weighted by molar-refractivity contribution is -0.132. The zero-order valence-corrected chi connectivity index (χ0v) is 13.6. The number of carbonyl (C=O) groups excluding carboxylic acids is 1. The highest BCUT2D eigenvalue weighted by molar-refractivity contribution is 6.32. The fourth-order valence-electron chi connectivity index (χ4n) is 2.73. The molecule has 1 saturated heterocycles. The number of halogens is 1. The van der Waals surface area contributed by atoms with E-state index in [9.17, 15) is 4.79 Å². The van der Waals surface area contributed by atoms with Gasteiger partial charge < -0.3 is 19.3 Å². The molecule has 0 aliphatic carbocycles. The largest absolute Gasteiger partial charge is 0.489 e. The van der Waals surface area contributed by atoms with Gasteiger partial charge in [-0.1, -0.05) is 11.6 Å². The molecule has 0 spiro atoms. The molecule has 0 radical (unpaired) electrons. The van der Waals surface area contributed by atoms with Gasteiger partial charge in [0.1, 0.15) is 0 Å². The molecule has 120 valence electrons. The molecule has 0 atom stereocenters. The van der Waals surface area contributed by atoms with Crippen molar-refractivity contribution in [3.05, 3.63) is 22.7 Å². The number of fused-ring (bicyclic) bond motifs is 1. The average molecular weight is 325 g/mol. The van der Waals surface area contributed by atoms with Gasteiger partial charge in [0.25, 0.3) is 0 Å². The summed E-state index contributed by atoms with van der Waals surface area (Å²) >= 11 is 6.27. The van der Waals surface area contributed by atoms with E-state index in [4.69, 9.17) is 21.1 Å². The molecule has 1 amide bonds. The highest BCUT2D eigenvalue weighted by atomic mass is 35.5. The van der Waals surface area contributed by atoms with Crippen molar-refractivity contribution in [3.8, 4) is 11.5 Å². The van der Waals surface area contributed by atoms with Crippen molar-refractivity contribution in [2.75, 3.05) is 46.4 Å². The summed E-state index contributed by atoms with van der Waals surface area (Å²) in [5, 5.41) is 0.514. The first kappa shape index (κ1) is 15.4. The molecule has 2 heterocycles. The maximum absolute atomic E-state index is 12.4. The minimum absolute atomic E-state index is 0.138. The number of carbonyl (C=O) groups is 1. The standard InChI is InChI=1S/C16H21ClN2O3/c1-18-3-5-19(6-4-18)15(20)11-12-9-13(17)16-14(10-12)21-7-2-8-22-16/h9-10H,2-8,11H2,1H3. The van der Waals surface area contributed by atoms with Gasteiger partial charge in [0, 0.05) is 32.6 Å². The van der Waals surface area contributed by atoms with E-state index in [1.54, 1.807) is 0 Å². The van der Waals surface area contributed by atoms with Crippen molar-refractivity contribution < 1.29 is 14.3 Å². The zero-order chi connectivity index (χ0) is 15.5. The smallest absolute Gasteiger partial charge is 0.227 e. The number of hydrogen-bond acceptors (Lipinski definition) is 4. The summed E-state index contributed by atoms with van der Waals surface area (Å²) in [5.74, 6) is 1.37. The minimum atomic E-state index is 0.138. The summed E-state index contributed by atoms with van der Waals surface area (Å²) in [4.78, 5) is 16.6. The fourth-order valence-corrected chi connectivity index (χ4v) is 3.02. The van der Waals surface area contributed by atoms with Crippen molar-refractivity contribution in [2.45, 2.75) is 12.8 Å². The average Bonchev–Trinajstić information content (AvgIpc) is 2.73. The molecule has 0 aromatic heterocycles. The predicted molar refractivity (Wildman–Crippen MR) is 84.8 cm³/mol. The van der Waals surface area contributed by atoms with Crippen LogP contribution in [0.3, 0.4) is 0 Å². The van der Waals surface area contributed by atoms with E-state index in [2.05, 4.69) is 11.9 Å². The van der Waals surface area contributed by atoms with Crippen LogP contribution in [0, 0.1) is 0 Å². The molecular weight excluding hydrogens is 304 g/mol. The molecule has 0 N–H and O–H groups in total. The molecule has 22 heavy (non-hydrogen) atoms. The van der Waals surface area contributed by atoms with Gasteiger partial charge >= 0.3 is 0 Å². The molecule has 1 aromatic rings. The minimum Gasteiger partial charge on any atom is -0.489 e. The van der Waals surface area contributed by atoms with Gasteiger partial charge in [0.05, 0.1) is 24.7 Å². The predicted octanol–water partition coefficient (Wildman–Crippen LogP) is 1.82. The van der Waals surface area contributed by atoms with Crippen molar-refractivity contribution in [3.63, 3.8) is 0 Å². The Labute approximate surface area is 135 Å². The van der Waals surface area contributed by atoms with Gasteiger partial charge in [-0.15, -0.1) is 0 Å². The van der Waals surface area contributed by atoms with Gasteiger partial charge in [-0.3, -0.25) is 4.79 Å². The topological polar surface area (TPSA) is 42.0 Å². The van der Waals surface area contributed by atoms with Gasteiger partial charge in [-0.2, -0.15) is 0 Å². The monoisotopic (exact) mass is 324 g/mol. The Balaban J connectivity index is 1.71. The molecule has 6 heteroatoms. The lowest BCUT2D eigenvalue weighted by atomic mass is 10.1. The third-order valence-corrected chi connectivity index (χ3v) is 4.35. The van der Waals surface area contributed by atoms with E-state index in [-0.39, 0.29) is 5.91 Å². The van der Waals surface area contributed by atoms with Crippen molar-refractivity contribution in [1.29, 1.82) is 0 Å². The number of ether oxygens (including phenoxy) is 2. The second kappa shape index (κ2) is 6.75. The van der Waals surface area contributed by atoms with E-state index < -0.39 is 0 Å². The summed E-state index contributed by atoms with van der Waals surface area (Å²) in [6.07, 6.45) is 1.18. The Morgan fingerprint density at radius 1 is 1.18 bits per heavy atom. The van der Waals surface area contributed by atoms with Crippen molar-refractivity contribution in [2.24, 2.45) is 0 Å². The van der Waals surface area contributed by atoms with E-state index in [0.29, 0.717) is 36.2 Å². The number of hydrogen-bond donors (Lipinski definition) is 0. The van der Waals surface area contributed by atoms with E-state index in [0.717, 1.165) is 38.2 Å². The summed E-state index contributed by atoms with van der Waals surface area (Å²) < 4.78 is 11.3. The molecule has 5 nitrogen and oxygen atoms in total. The Hall–Kier alpha value is -1.46. The molecule has 0 saturated carbocycles. The van der Waals surface area contributed by atoms with E-state index in [1.165, 1.54) is 0 Å². The van der Waals surface area contributed by atoms with E-state index in [1.807, 2.05) is 17.0 Å². The van der Waals surface area contributed by atoms with Crippen LogP contribution < -0.4 is 9.47 Å². The van der Waals surface area contributed by atoms with E-state index >= 15 is 0 Å². The number of nitrogens with zero attached hydrogens (tertiary/aromatic N) is 2. The first-order valence-electron chi connectivity index (χ1n) is 7.68. The number of piperazine rings is 1. The first-order valence-corrected chi connectivity index (χ1v) is 8.05. The summed E-state index contributed by atoms with van der Waals surface area (Å²) in [7, 11) is 2.07. The van der Waals surface area contributed by atoms with Gasteiger partial charge in [0.2, 0.25) is 5.91 Å². The molecule has 0 bridgehead atoms. The summed E-state index contributed by atoms with van der Waals surface area (Å²) in [6.45, 7) is 4.63. The fraction of sp³-hybridized carbons (Fsp3) is 0.562. The van der Waals surface area contributed by atoms with Crippen LogP contribution in [0.1, 0.15) is 12.0 Å². The Morgan fingerprint density at radius 2 is 1.91 bits per heavy atom. The maximum atomic E-state index is 12.4. The van der Waals surface area contributed by atoms with Crippen LogP contribution in [0.5, 0.6) is 11.5 Å². The highest BCUT2D eigenvalue weighted by Crippen LogP contribution is 2.38.